The summed E-state index contributed by atoms with van der Waals surface area (Å²) >= 11 is 9.34. The maximum absolute atomic E-state index is 12.3. The molecular weight excluding hydrogens is 338 g/mol. The molecule has 0 saturated carbocycles. The van der Waals surface area contributed by atoms with Gasteiger partial charge in [0.2, 0.25) is 0 Å². The van der Waals surface area contributed by atoms with Gasteiger partial charge in [-0.05, 0) is 35.4 Å². The van der Waals surface area contributed by atoms with E-state index in [9.17, 15) is 4.79 Å². The van der Waals surface area contributed by atoms with Crippen LogP contribution >= 0.6 is 27.5 Å². The monoisotopic (exact) mass is 351 g/mol. The summed E-state index contributed by atoms with van der Waals surface area (Å²) in [5.41, 5.74) is 2.86. The molecule has 2 aromatic rings. The van der Waals surface area contributed by atoms with Crippen LogP contribution in [-0.2, 0) is 11.9 Å². The molecule has 20 heavy (non-hydrogen) atoms. The Hall–Kier alpha value is -1.32. The van der Waals surface area contributed by atoms with Gasteiger partial charge in [-0.1, -0.05) is 51.8 Å². The highest BCUT2D eigenvalue weighted by Gasteiger charge is 2.12. The van der Waals surface area contributed by atoms with Crippen molar-refractivity contribution >= 4 is 33.4 Å². The molecule has 104 valence electrons. The first kappa shape index (κ1) is 15.1. The Morgan fingerprint density at radius 3 is 2.45 bits per heavy atom. The van der Waals surface area contributed by atoms with Crippen LogP contribution in [0, 0.1) is 0 Å². The molecule has 0 N–H and O–H groups in total. The molecular formula is C16H15BrClNO. The van der Waals surface area contributed by atoms with Crippen molar-refractivity contribution in [2.24, 2.45) is 0 Å². The third kappa shape index (κ3) is 3.84. The van der Waals surface area contributed by atoms with Crippen molar-refractivity contribution in [3.8, 4) is 0 Å². The van der Waals surface area contributed by atoms with Gasteiger partial charge in [-0.2, -0.15) is 0 Å². The van der Waals surface area contributed by atoms with E-state index >= 15 is 0 Å². The third-order valence-electron chi connectivity index (χ3n) is 3.01. The summed E-state index contributed by atoms with van der Waals surface area (Å²) in [5.74, 6) is 0.00565. The van der Waals surface area contributed by atoms with Crippen molar-refractivity contribution in [2.75, 3.05) is 7.05 Å². The van der Waals surface area contributed by atoms with Crippen LogP contribution in [0.2, 0.25) is 5.02 Å². The first-order valence-corrected chi connectivity index (χ1v) is 7.75. The Bertz CT molecular complexity index is 598. The van der Waals surface area contributed by atoms with E-state index in [-0.39, 0.29) is 5.91 Å². The zero-order chi connectivity index (χ0) is 14.5. The molecule has 2 nitrogen and oxygen atoms in total. The minimum absolute atomic E-state index is 0.00565. The molecule has 0 bridgehead atoms. The van der Waals surface area contributed by atoms with Crippen LogP contribution in [-0.4, -0.2) is 17.9 Å². The molecule has 0 aliphatic heterocycles. The molecule has 0 aliphatic carbocycles. The number of alkyl halides is 1. The Morgan fingerprint density at radius 2 is 1.85 bits per heavy atom. The quantitative estimate of drug-likeness (QED) is 0.742. The number of hydrogen-bond donors (Lipinski definition) is 0. The molecule has 4 heteroatoms. The number of carbonyl (C=O) groups is 1. The van der Waals surface area contributed by atoms with Crippen molar-refractivity contribution in [1.82, 2.24) is 4.90 Å². The number of rotatable bonds is 4. The normalized spacial score (nSPS) is 10.3. The lowest BCUT2D eigenvalue weighted by Crippen LogP contribution is -2.26. The molecule has 0 atom stereocenters. The average Bonchev–Trinajstić information content (AvgIpc) is 2.46. The molecule has 0 spiro atoms. The van der Waals surface area contributed by atoms with E-state index in [2.05, 4.69) is 15.9 Å². The second-order valence-corrected chi connectivity index (χ2v) is 5.62. The van der Waals surface area contributed by atoms with Gasteiger partial charge in [-0.3, -0.25) is 4.79 Å². The van der Waals surface area contributed by atoms with Gasteiger partial charge in [0, 0.05) is 29.5 Å². The van der Waals surface area contributed by atoms with Gasteiger partial charge in [-0.15, -0.1) is 0 Å². The van der Waals surface area contributed by atoms with Crippen molar-refractivity contribution in [3.63, 3.8) is 0 Å². The first-order valence-electron chi connectivity index (χ1n) is 6.25. The number of nitrogens with zero attached hydrogens (tertiary/aromatic N) is 1. The fourth-order valence-corrected chi connectivity index (χ4v) is 2.52. The maximum atomic E-state index is 12.3. The van der Waals surface area contributed by atoms with Crippen molar-refractivity contribution in [2.45, 2.75) is 11.9 Å². The van der Waals surface area contributed by atoms with E-state index in [0.29, 0.717) is 17.1 Å². The highest BCUT2D eigenvalue weighted by Crippen LogP contribution is 2.14. The Morgan fingerprint density at radius 1 is 1.15 bits per heavy atom. The van der Waals surface area contributed by atoms with Gasteiger partial charge in [-0.25, -0.2) is 0 Å². The minimum atomic E-state index is 0.00565. The van der Waals surface area contributed by atoms with Crippen molar-refractivity contribution in [1.29, 1.82) is 0 Å². The fraction of sp³-hybridized carbons (Fsp3) is 0.188. The fourth-order valence-electron chi connectivity index (χ4n) is 1.94. The average molecular weight is 353 g/mol. The molecule has 0 heterocycles. The third-order valence-corrected chi connectivity index (χ3v) is 3.89. The second kappa shape index (κ2) is 6.91. The topological polar surface area (TPSA) is 20.3 Å². The summed E-state index contributed by atoms with van der Waals surface area (Å²) in [4.78, 5) is 14.0. The van der Waals surface area contributed by atoms with Gasteiger partial charge in [0.25, 0.3) is 5.91 Å². The predicted octanol–water partition coefficient (Wildman–Crippen LogP) is 4.51. The lowest BCUT2D eigenvalue weighted by atomic mass is 10.1. The zero-order valence-corrected chi connectivity index (χ0v) is 13.5. The van der Waals surface area contributed by atoms with Crippen LogP contribution in [0.4, 0.5) is 0 Å². The largest absolute Gasteiger partial charge is 0.337 e. The number of halogens is 2. The van der Waals surface area contributed by atoms with Crippen LogP contribution in [0.25, 0.3) is 0 Å². The SMILES string of the molecule is CN(Cc1cccc(Cl)c1)C(=O)c1ccc(CBr)cc1. The molecule has 2 aromatic carbocycles. The van der Waals surface area contributed by atoms with Crippen LogP contribution in [0.1, 0.15) is 21.5 Å². The van der Waals surface area contributed by atoms with Crippen LogP contribution in [0.3, 0.4) is 0 Å². The first-order chi connectivity index (χ1) is 9.60. The van der Waals surface area contributed by atoms with Gasteiger partial charge in [0.1, 0.15) is 0 Å². The van der Waals surface area contributed by atoms with Crippen molar-refractivity contribution < 1.29 is 4.79 Å². The molecule has 0 aliphatic rings. The van der Waals surface area contributed by atoms with E-state index in [0.717, 1.165) is 16.5 Å². The number of amides is 1. The van der Waals surface area contributed by atoms with Gasteiger partial charge >= 0.3 is 0 Å². The molecule has 0 fully saturated rings. The molecule has 1 amide bonds. The van der Waals surface area contributed by atoms with E-state index in [1.54, 1.807) is 11.9 Å². The number of hydrogen-bond acceptors (Lipinski definition) is 1. The highest BCUT2D eigenvalue weighted by atomic mass is 79.9. The highest BCUT2D eigenvalue weighted by molar-refractivity contribution is 9.08. The van der Waals surface area contributed by atoms with E-state index in [1.807, 2.05) is 48.5 Å². The summed E-state index contributed by atoms with van der Waals surface area (Å²) in [7, 11) is 1.79. The van der Waals surface area contributed by atoms with Crippen LogP contribution in [0.15, 0.2) is 48.5 Å². The van der Waals surface area contributed by atoms with E-state index in [4.69, 9.17) is 11.6 Å². The number of carbonyl (C=O) groups excluding carboxylic acids is 1. The van der Waals surface area contributed by atoms with Gasteiger partial charge in [0.05, 0.1) is 0 Å². The molecule has 0 unspecified atom stereocenters. The standard InChI is InChI=1S/C16H15BrClNO/c1-19(11-13-3-2-4-15(18)9-13)16(20)14-7-5-12(10-17)6-8-14/h2-9H,10-11H2,1H3. The minimum Gasteiger partial charge on any atom is -0.337 e. The summed E-state index contributed by atoms with van der Waals surface area (Å²) in [6.45, 7) is 0.541. The zero-order valence-electron chi connectivity index (χ0n) is 11.1. The number of benzene rings is 2. The summed E-state index contributed by atoms with van der Waals surface area (Å²) in [6.07, 6.45) is 0. The summed E-state index contributed by atoms with van der Waals surface area (Å²) in [5, 5.41) is 1.48. The molecule has 2 rings (SSSR count). The lowest BCUT2D eigenvalue weighted by molar-refractivity contribution is 0.0785. The summed E-state index contributed by atoms with van der Waals surface area (Å²) < 4.78 is 0. The van der Waals surface area contributed by atoms with Crippen molar-refractivity contribution in [3.05, 3.63) is 70.2 Å². The molecule has 0 saturated heterocycles. The lowest BCUT2D eigenvalue weighted by Gasteiger charge is -2.17. The smallest absolute Gasteiger partial charge is 0.253 e. The maximum Gasteiger partial charge on any atom is 0.253 e. The molecule has 0 radical (unpaired) electrons. The summed E-state index contributed by atoms with van der Waals surface area (Å²) in [6, 6.07) is 15.2. The van der Waals surface area contributed by atoms with Crippen LogP contribution < -0.4 is 0 Å². The molecule has 0 aromatic heterocycles. The Balaban J connectivity index is 2.07. The van der Waals surface area contributed by atoms with Gasteiger partial charge < -0.3 is 4.90 Å². The predicted molar refractivity (Wildman–Crippen MR) is 86.3 cm³/mol. The van der Waals surface area contributed by atoms with E-state index < -0.39 is 0 Å². The Kier molecular flexibility index (Phi) is 5.21. The second-order valence-electron chi connectivity index (χ2n) is 4.62. The van der Waals surface area contributed by atoms with E-state index in [1.165, 1.54) is 0 Å². The van der Waals surface area contributed by atoms with Crippen LogP contribution in [0.5, 0.6) is 0 Å². The van der Waals surface area contributed by atoms with Gasteiger partial charge in [0.15, 0.2) is 0 Å². The Labute approximate surface area is 132 Å².